The molecule has 6 rings (SSSR count). The number of benzene rings is 4. The Balaban J connectivity index is 1.78. The van der Waals surface area contributed by atoms with Gasteiger partial charge >= 0.3 is 0 Å². The first kappa shape index (κ1) is 19.6. The van der Waals surface area contributed by atoms with E-state index in [0.29, 0.717) is 6.54 Å². The number of fused-ring (bicyclic) bond motifs is 1. The van der Waals surface area contributed by atoms with Gasteiger partial charge in [0.1, 0.15) is 0 Å². The van der Waals surface area contributed by atoms with Crippen LogP contribution in [0.25, 0.3) is 11.1 Å². The number of ketones is 1. The molecule has 2 atom stereocenters. The standard InChI is InChI=1S/C30H22N2O/c33-28-26(22-13-5-1-6-14-22)27(23-15-7-2-8-16-23)29(24-17-9-3-10-18-24)21-31-32-30(28,29)25-19-11-4-12-20-25/h1-20H,21H2/t29-,30+/m0/s1. The number of nitrogens with zero attached hydrogens (tertiary/aromatic N) is 2. The maximum absolute atomic E-state index is 14.7. The Morgan fingerprint density at radius 1 is 0.576 bits per heavy atom. The minimum atomic E-state index is -1.15. The first-order valence-electron chi connectivity index (χ1n) is 11.2. The van der Waals surface area contributed by atoms with Crippen molar-refractivity contribution in [3.8, 4) is 0 Å². The summed E-state index contributed by atoms with van der Waals surface area (Å²) in [4.78, 5) is 14.7. The van der Waals surface area contributed by atoms with Crippen LogP contribution in [0.3, 0.4) is 0 Å². The molecule has 0 bridgehead atoms. The van der Waals surface area contributed by atoms with E-state index in [9.17, 15) is 4.79 Å². The quantitative estimate of drug-likeness (QED) is 0.368. The summed E-state index contributed by atoms with van der Waals surface area (Å²) in [5, 5.41) is 9.40. The Morgan fingerprint density at radius 2 is 1.06 bits per heavy atom. The van der Waals surface area contributed by atoms with Crippen LogP contribution in [0.1, 0.15) is 22.3 Å². The van der Waals surface area contributed by atoms with Crippen molar-refractivity contribution in [1.29, 1.82) is 0 Å². The maximum Gasteiger partial charge on any atom is 0.199 e. The summed E-state index contributed by atoms with van der Waals surface area (Å²) in [5.41, 5.74) is 3.71. The van der Waals surface area contributed by atoms with Gasteiger partial charge in [-0.1, -0.05) is 121 Å². The molecule has 0 aromatic heterocycles. The zero-order valence-electron chi connectivity index (χ0n) is 18.1. The van der Waals surface area contributed by atoms with Crippen molar-refractivity contribution in [3.05, 3.63) is 144 Å². The highest BCUT2D eigenvalue weighted by atomic mass is 16.1. The maximum atomic E-state index is 14.7. The third-order valence-corrected chi connectivity index (χ3v) is 6.96. The largest absolute Gasteiger partial charge is 0.291 e. The highest BCUT2D eigenvalue weighted by Crippen LogP contribution is 2.64. The molecular formula is C30H22N2O. The SMILES string of the molecule is O=C1C(c2ccccc2)=C(c2ccccc2)[C@@]2(c3ccccc3)CN=N[C@]12c1ccccc1. The number of hydrogen-bond donors (Lipinski definition) is 0. The average molecular weight is 427 g/mol. The molecule has 0 amide bonds. The van der Waals surface area contributed by atoms with Crippen molar-refractivity contribution in [3.63, 3.8) is 0 Å². The van der Waals surface area contributed by atoms with E-state index in [0.717, 1.165) is 33.4 Å². The Kier molecular flexibility index (Phi) is 4.44. The van der Waals surface area contributed by atoms with Gasteiger partial charge in [0.25, 0.3) is 0 Å². The summed E-state index contributed by atoms with van der Waals surface area (Å²) in [6.07, 6.45) is 0. The highest BCUT2D eigenvalue weighted by molar-refractivity contribution is 6.37. The molecule has 0 unspecified atom stereocenters. The summed E-state index contributed by atoms with van der Waals surface area (Å²) >= 11 is 0. The monoisotopic (exact) mass is 426 g/mol. The molecule has 3 heteroatoms. The molecule has 0 spiro atoms. The molecule has 2 aliphatic rings. The van der Waals surface area contributed by atoms with Gasteiger partial charge in [-0.2, -0.15) is 10.2 Å². The number of Topliss-reactive ketones (excluding diaryl/α,β-unsaturated/α-hetero) is 1. The van der Waals surface area contributed by atoms with E-state index in [-0.39, 0.29) is 5.78 Å². The van der Waals surface area contributed by atoms with E-state index in [1.165, 1.54) is 0 Å². The van der Waals surface area contributed by atoms with E-state index in [4.69, 9.17) is 5.11 Å². The van der Waals surface area contributed by atoms with Gasteiger partial charge in [-0.25, -0.2) is 0 Å². The fourth-order valence-corrected chi connectivity index (χ4v) is 5.61. The van der Waals surface area contributed by atoms with Crippen molar-refractivity contribution < 1.29 is 4.79 Å². The molecule has 158 valence electrons. The van der Waals surface area contributed by atoms with Gasteiger partial charge in [-0.05, 0) is 27.8 Å². The number of carbonyl (C=O) groups excluding carboxylic acids is 1. The van der Waals surface area contributed by atoms with Crippen LogP contribution >= 0.6 is 0 Å². The predicted molar refractivity (Wildman–Crippen MR) is 131 cm³/mol. The van der Waals surface area contributed by atoms with Gasteiger partial charge in [0.15, 0.2) is 11.3 Å². The summed E-state index contributed by atoms with van der Waals surface area (Å²) in [5.74, 6) is 0.00357. The van der Waals surface area contributed by atoms with Crippen LogP contribution in [0.2, 0.25) is 0 Å². The van der Waals surface area contributed by atoms with Crippen LogP contribution in [-0.4, -0.2) is 12.3 Å². The summed E-state index contributed by atoms with van der Waals surface area (Å²) in [6, 6.07) is 40.5. The second-order valence-corrected chi connectivity index (χ2v) is 8.56. The molecule has 0 radical (unpaired) electrons. The van der Waals surface area contributed by atoms with Gasteiger partial charge in [0.05, 0.1) is 12.0 Å². The van der Waals surface area contributed by atoms with Crippen molar-refractivity contribution in [2.24, 2.45) is 10.2 Å². The van der Waals surface area contributed by atoms with Crippen molar-refractivity contribution >= 4 is 16.9 Å². The molecule has 1 aliphatic heterocycles. The molecular weight excluding hydrogens is 404 g/mol. The van der Waals surface area contributed by atoms with E-state index < -0.39 is 11.0 Å². The first-order chi connectivity index (χ1) is 16.3. The Morgan fingerprint density at radius 3 is 1.64 bits per heavy atom. The normalized spacial score (nSPS) is 23.7. The van der Waals surface area contributed by atoms with Gasteiger partial charge in [0.2, 0.25) is 0 Å². The van der Waals surface area contributed by atoms with Crippen LogP contribution in [0.5, 0.6) is 0 Å². The van der Waals surface area contributed by atoms with Gasteiger partial charge < -0.3 is 0 Å². The van der Waals surface area contributed by atoms with Crippen LogP contribution in [0.4, 0.5) is 0 Å². The lowest BCUT2D eigenvalue weighted by atomic mass is 9.61. The third kappa shape index (κ3) is 2.59. The fraction of sp³-hybridized carbons (Fsp3) is 0.100. The molecule has 3 nitrogen and oxygen atoms in total. The summed E-state index contributed by atoms with van der Waals surface area (Å²) < 4.78 is 0. The fourth-order valence-electron chi connectivity index (χ4n) is 5.61. The molecule has 1 aliphatic carbocycles. The van der Waals surface area contributed by atoms with Gasteiger partial charge in [0, 0.05) is 5.57 Å². The second kappa shape index (κ2) is 7.49. The zero-order chi connectivity index (χ0) is 22.3. The minimum Gasteiger partial charge on any atom is -0.291 e. The van der Waals surface area contributed by atoms with Crippen LogP contribution < -0.4 is 0 Å². The predicted octanol–water partition coefficient (Wildman–Crippen LogP) is 6.48. The summed E-state index contributed by atoms with van der Waals surface area (Å²) in [7, 11) is 0. The van der Waals surface area contributed by atoms with Crippen molar-refractivity contribution in [2.45, 2.75) is 11.0 Å². The molecule has 0 N–H and O–H groups in total. The van der Waals surface area contributed by atoms with Crippen molar-refractivity contribution in [1.82, 2.24) is 0 Å². The first-order valence-corrected chi connectivity index (χ1v) is 11.2. The lowest BCUT2D eigenvalue weighted by Gasteiger charge is -2.39. The minimum absolute atomic E-state index is 0.00357. The van der Waals surface area contributed by atoms with Crippen LogP contribution in [0, 0.1) is 0 Å². The smallest absolute Gasteiger partial charge is 0.199 e. The lowest BCUT2D eigenvalue weighted by molar-refractivity contribution is -0.119. The van der Waals surface area contributed by atoms with E-state index >= 15 is 0 Å². The Labute approximate surface area is 193 Å². The number of azo groups is 1. The second-order valence-electron chi connectivity index (χ2n) is 8.56. The number of carbonyl (C=O) groups is 1. The lowest BCUT2D eigenvalue weighted by Crippen LogP contribution is -2.48. The Hall–Kier alpha value is -4.11. The van der Waals surface area contributed by atoms with Crippen LogP contribution in [-0.2, 0) is 15.7 Å². The molecule has 4 aromatic carbocycles. The third-order valence-electron chi connectivity index (χ3n) is 6.96. The topological polar surface area (TPSA) is 41.8 Å². The average Bonchev–Trinajstić information content (AvgIpc) is 3.39. The molecule has 1 heterocycles. The van der Waals surface area contributed by atoms with E-state index in [2.05, 4.69) is 29.4 Å². The zero-order valence-corrected chi connectivity index (χ0v) is 18.1. The van der Waals surface area contributed by atoms with Crippen LogP contribution in [0.15, 0.2) is 132 Å². The highest BCUT2D eigenvalue weighted by Gasteiger charge is 2.69. The van der Waals surface area contributed by atoms with Crippen molar-refractivity contribution in [2.75, 3.05) is 6.54 Å². The molecule has 4 aromatic rings. The molecule has 0 saturated heterocycles. The summed E-state index contributed by atoms with van der Waals surface area (Å²) in [6.45, 7) is 0.415. The van der Waals surface area contributed by atoms with E-state index in [1.807, 2.05) is 97.1 Å². The molecule has 33 heavy (non-hydrogen) atoms. The molecule has 0 fully saturated rings. The Bertz CT molecular complexity index is 1380. The molecule has 0 saturated carbocycles. The van der Waals surface area contributed by atoms with Gasteiger partial charge in [-0.15, -0.1) is 0 Å². The van der Waals surface area contributed by atoms with Gasteiger partial charge in [-0.3, -0.25) is 4.79 Å². The number of hydrogen-bond acceptors (Lipinski definition) is 3. The van der Waals surface area contributed by atoms with E-state index in [1.54, 1.807) is 0 Å². The number of rotatable bonds is 4.